The number of methoxy groups -OCH3 is 1. The van der Waals surface area contributed by atoms with Crippen LogP contribution in [-0.4, -0.2) is 31.2 Å². The molecule has 2 rings (SSSR count). The molecule has 5 nitrogen and oxygen atoms in total. The van der Waals surface area contributed by atoms with E-state index in [9.17, 15) is 9.90 Å². The van der Waals surface area contributed by atoms with Gasteiger partial charge in [-0.05, 0) is 37.8 Å². The van der Waals surface area contributed by atoms with E-state index in [1.54, 1.807) is 14.0 Å². The van der Waals surface area contributed by atoms with Crippen LogP contribution in [0.25, 0.3) is 0 Å². The number of amides is 1. The Bertz CT molecular complexity index is 494. The summed E-state index contributed by atoms with van der Waals surface area (Å²) in [4.78, 5) is 13.3. The number of hydrogen-bond acceptors (Lipinski definition) is 4. The van der Waals surface area contributed by atoms with Crippen LogP contribution in [-0.2, 0) is 4.79 Å². The molecule has 1 aromatic carbocycles. The number of rotatable bonds is 5. The molecule has 1 heterocycles. The fourth-order valence-corrected chi connectivity index (χ4v) is 3.07. The lowest BCUT2D eigenvalue weighted by Crippen LogP contribution is -2.35. The predicted molar refractivity (Wildman–Crippen MR) is 82.4 cm³/mol. The van der Waals surface area contributed by atoms with Crippen LogP contribution in [0.2, 0.25) is 0 Å². The number of ether oxygens (including phenoxy) is 1. The molecule has 0 spiro atoms. The van der Waals surface area contributed by atoms with Crippen molar-refractivity contribution in [3.63, 3.8) is 0 Å². The van der Waals surface area contributed by atoms with Gasteiger partial charge in [0.2, 0.25) is 5.91 Å². The molecule has 0 bridgehead atoms. The van der Waals surface area contributed by atoms with Crippen molar-refractivity contribution in [3.05, 3.63) is 23.8 Å². The number of hydrogen-bond donors (Lipinski definition) is 2. The summed E-state index contributed by atoms with van der Waals surface area (Å²) >= 11 is 0. The third-order valence-electron chi connectivity index (χ3n) is 4.13. The molecule has 1 atom stereocenters. The molecule has 1 saturated heterocycles. The Balaban J connectivity index is 2.15. The molecule has 1 amide bonds. The largest absolute Gasteiger partial charge is 0.496 e. The second-order valence-corrected chi connectivity index (χ2v) is 5.67. The molecule has 0 saturated carbocycles. The second-order valence-electron chi connectivity index (χ2n) is 5.67. The highest BCUT2D eigenvalue weighted by Gasteiger charge is 2.24. The van der Waals surface area contributed by atoms with Crippen molar-refractivity contribution in [2.75, 3.05) is 25.1 Å². The van der Waals surface area contributed by atoms with Gasteiger partial charge in [0.25, 0.3) is 0 Å². The monoisotopic (exact) mass is 292 g/mol. The predicted octanol–water partition coefficient (Wildman–Crippen LogP) is 1.84. The molecular weight excluding hydrogens is 268 g/mol. The van der Waals surface area contributed by atoms with Crippen LogP contribution in [0, 0.1) is 5.92 Å². The molecule has 1 aliphatic rings. The molecule has 0 radical (unpaired) electrons. The molecule has 3 N–H and O–H groups in total. The highest BCUT2D eigenvalue weighted by Crippen LogP contribution is 2.36. The van der Waals surface area contributed by atoms with E-state index in [1.165, 1.54) is 0 Å². The van der Waals surface area contributed by atoms with Crippen LogP contribution in [0.15, 0.2) is 18.2 Å². The molecular formula is C16H24N2O3. The van der Waals surface area contributed by atoms with Gasteiger partial charge in [-0.25, -0.2) is 0 Å². The Morgan fingerprint density at radius 3 is 2.67 bits per heavy atom. The lowest BCUT2D eigenvalue weighted by Gasteiger charge is -2.35. The van der Waals surface area contributed by atoms with Gasteiger partial charge in [0, 0.05) is 30.8 Å². The van der Waals surface area contributed by atoms with E-state index in [1.807, 2.05) is 18.2 Å². The first-order chi connectivity index (χ1) is 10.0. The number of piperidine rings is 1. The minimum Gasteiger partial charge on any atom is -0.496 e. The topological polar surface area (TPSA) is 75.8 Å². The van der Waals surface area contributed by atoms with Crippen molar-refractivity contribution in [2.45, 2.75) is 32.3 Å². The zero-order chi connectivity index (χ0) is 15.4. The Hall–Kier alpha value is -1.75. The van der Waals surface area contributed by atoms with E-state index < -0.39 is 6.10 Å². The number of nitrogens with zero attached hydrogens (tertiary/aromatic N) is 1. The average molecular weight is 292 g/mol. The van der Waals surface area contributed by atoms with Crippen LogP contribution in [0.3, 0.4) is 0 Å². The Kier molecular flexibility index (Phi) is 5.07. The molecule has 116 valence electrons. The Morgan fingerprint density at radius 2 is 2.14 bits per heavy atom. The number of primary amides is 1. The number of anilines is 1. The van der Waals surface area contributed by atoms with Gasteiger partial charge >= 0.3 is 0 Å². The number of carbonyl (C=O) groups excluding carboxylic acids is 1. The summed E-state index contributed by atoms with van der Waals surface area (Å²) in [6.45, 7) is 3.48. The van der Waals surface area contributed by atoms with Crippen molar-refractivity contribution in [1.29, 1.82) is 0 Å². The third kappa shape index (κ3) is 3.67. The first kappa shape index (κ1) is 15.6. The fourth-order valence-electron chi connectivity index (χ4n) is 3.07. The van der Waals surface area contributed by atoms with Crippen molar-refractivity contribution >= 4 is 11.6 Å². The first-order valence-electron chi connectivity index (χ1n) is 7.41. The number of benzene rings is 1. The molecule has 0 unspecified atom stereocenters. The SMILES string of the molecule is COc1cccc(N2CCC(CC(N)=O)CC2)c1[C@H](C)O. The highest BCUT2D eigenvalue weighted by atomic mass is 16.5. The summed E-state index contributed by atoms with van der Waals surface area (Å²) in [5.74, 6) is 0.862. The van der Waals surface area contributed by atoms with Crippen LogP contribution in [0.5, 0.6) is 5.75 Å². The number of nitrogens with two attached hydrogens (primary N) is 1. The van der Waals surface area contributed by atoms with Crippen molar-refractivity contribution in [2.24, 2.45) is 11.7 Å². The van der Waals surface area contributed by atoms with Gasteiger partial charge in [-0.15, -0.1) is 0 Å². The molecule has 1 aromatic rings. The van der Waals surface area contributed by atoms with Gasteiger partial charge in [0.1, 0.15) is 5.75 Å². The van der Waals surface area contributed by atoms with Crippen LogP contribution < -0.4 is 15.4 Å². The maximum Gasteiger partial charge on any atom is 0.217 e. The summed E-state index contributed by atoms with van der Waals surface area (Å²) in [6.07, 6.45) is 1.77. The number of aliphatic hydroxyl groups excluding tert-OH is 1. The van der Waals surface area contributed by atoms with Gasteiger partial charge in [0.05, 0.1) is 13.2 Å². The highest BCUT2D eigenvalue weighted by molar-refractivity contribution is 5.74. The minimum atomic E-state index is -0.584. The fraction of sp³-hybridized carbons (Fsp3) is 0.562. The summed E-state index contributed by atoms with van der Waals surface area (Å²) in [5, 5.41) is 10.1. The van der Waals surface area contributed by atoms with E-state index in [2.05, 4.69) is 4.90 Å². The lowest BCUT2D eigenvalue weighted by atomic mass is 9.92. The van der Waals surface area contributed by atoms with E-state index in [-0.39, 0.29) is 5.91 Å². The van der Waals surface area contributed by atoms with Gasteiger partial charge < -0.3 is 20.5 Å². The van der Waals surface area contributed by atoms with Crippen molar-refractivity contribution in [3.8, 4) is 5.75 Å². The number of aliphatic hydroxyl groups is 1. The van der Waals surface area contributed by atoms with E-state index >= 15 is 0 Å². The van der Waals surface area contributed by atoms with Crippen molar-refractivity contribution < 1.29 is 14.6 Å². The molecule has 1 fully saturated rings. The third-order valence-corrected chi connectivity index (χ3v) is 4.13. The van der Waals surface area contributed by atoms with Crippen molar-refractivity contribution in [1.82, 2.24) is 0 Å². The van der Waals surface area contributed by atoms with E-state index in [4.69, 9.17) is 10.5 Å². The summed E-state index contributed by atoms with van der Waals surface area (Å²) in [7, 11) is 1.62. The molecule has 1 aliphatic heterocycles. The second kappa shape index (κ2) is 6.80. The Morgan fingerprint density at radius 1 is 1.48 bits per heavy atom. The van der Waals surface area contributed by atoms with Gasteiger partial charge in [0.15, 0.2) is 0 Å². The van der Waals surface area contributed by atoms with Gasteiger partial charge in [-0.2, -0.15) is 0 Å². The normalized spacial score (nSPS) is 17.6. The average Bonchev–Trinajstić information content (AvgIpc) is 2.46. The zero-order valence-corrected chi connectivity index (χ0v) is 12.7. The summed E-state index contributed by atoms with van der Waals surface area (Å²) in [5.41, 5.74) is 7.11. The first-order valence-corrected chi connectivity index (χ1v) is 7.41. The summed E-state index contributed by atoms with van der Waals surface area (Å²) in [6, 6.07) is 5.82. The number of carbonyl (C=O) groups is 1. The van der Waals surface area contributed by atoms with Gasteiger partial charge in [-0.1, -0.05) is 6.07 Å². The van der Waals surface area contributed by atoms with Gasteiger partial charge in [-0.3, -0.25) is 4.79 Å². The maximum absolute atomic E-state index is 11.0. The minimum absolute atomic E-state index is 0.223. The standard InChI is InChI=1S/C16H24N2O3/c1-11(19)16-13(4-3-5-14(16)21-2)18-8-6-12(7-9-18)10-15(17)20/h3-5,11-12,19H,6-10H2,1-2H3,(H2,17,20)/t11-/m0/s1. The van der Waals surface area contributed by atoms with Crippen LogP contribution in [0.1, 0.15) is 37.9 Å². The zero-order valence-electron chi connectivity index (χ0n) is 12.7. The van der Waals surface area contributed by atoms with E-state index in [0.717, 1.165) is 37.2 Å². The van der Waals surface area contributed by atoms with E-state index in [0.29, 0.717) is 18.1 Å². The molecule has 0 aliphatic carbocycles. The molecule has 5 heteroatoms. The van der Waals surface area contributed by atoms with Crippen LogP contribution >= 0.6 is 0 Å². The maximum atomic E-state index is 11.0. The summed E-state index contributed by atoms with van der Waals surface area (Å²) < 4.78 is 5.36. The van der Waals surface area contributed by atoms with Crippen LogP contribution in [0.4, 0.5) is 5.69 Å². The smallest absolute Gasteiger partial charge is 0.217 e. The Labute approximate surface area is 125 Å². The lowest BCUT2D eigenvalue weighted by molar-refractivity contribution is -0.119. The molecule has 21 heavy (non-hydrogen) atoms. The molecule has 0 aromatic heterocycles. The quantitative estimate of drug-likeness (QED) is 0.868.